The second kappa shape index (κ2) is 7.59. The molecule has 3 aliphatic heterocycles. The zero-order valence-corrected chi connectivity index (χ0v) is 16.7. The van der Waals surface area contributed by atoms with Crippen LogP contribution in [0.3, 0.4) is 0 Å². The van der Waals surface area contributed by atoms with Crippen LogP contribution in [-0.4, -0.2) is 46.1 Å². The lowest BCUT2D eigenvalue weighted by atomic mass is 10.0. The Hall–Kier alpha value is -3.59. The lowest BCUT2D eigenvalue weighted by molar-refractivity contribution is -0.136. The number of imide groups is 2. The van der Waals surface area contributed by atoms with Crippen LogP contribution in [0, 0.1) is 0 Å². The fraction of sp³-hybridized carbons (Fsp3) is 0.318. The quantitative estimate of drug-likeness (QED) is 0.625. The second-order valence-electron chi connectivity index (χ2n) is 7.90. The number of fused-ring (bicyclic) bond motifs is 2. The van der Waals surface area contributed by atoms with Gasteiger partial charge in [-0.3, -0.25) is 29.4 Å². The number of hydrogen-bond donors (Lipinski definition) is 3. The lowest BCUT2D eigenvalue weighted by Crippen LogP contribution is -2.54. The van der Waals surface area contributed by atoms with Gasteiger partial charge in [0, 0.05) is 31.3 Å². The summed E-state index contributed by atoms with van der Waals surface area (Å²) in [4.78, 5) is 54.7. The van der Waals surface area contributed by atoms with Crippen molar-refractivity contribution in [3.63, 3.8) is 0 Å². The van der Waals surface area contributed by atoms with Gasteiger partial charge in [-0.05, 0) is 48.7 Å². The van der Waals surface area contributed by atoms with Gasteiger partial charge in [0.2, 0.25) is 11.8 Å². The van der Waals surface area contributed by atoms with Gasteiger partial charge in [0.25, 0.3) is 11.8 Å². The van der Waals surface area contributed by atoms with Gasteiger partial charge in [-0.2, -0.15) is 0 Å². The maximum Gasteiger partial charge on any atom is 0.262 e. The molecule has 9 heteroatoms. The Morgan fingerprint density at radius 1 is 1.06 bits per heavy atom. The molecule has 1 unspecified atom stereocenters. The third-order valence-corrected chi connectivity index (χ3v) is 5.99. The molecule has 0 saturated carbocycles. The van der Waals surface area contributed by atoms with Crippen LogP contribution in [0.25, 0.3) is 0 Å². The number of pyridine rings is 1. The average Bonchev–Trinajstić information content (AvgIpc) is 3.02. The third kappa shape index (κ3) is 3.36. The van der Waals surface area contributed by atoms with E-state index in [0.29, 0.717) is 6.54 Å². The Morgan fingerprint density at radius 3 is 2.74 bits per heavy atom. The molecule has 2 aromatic rings. The van der Waals surface area contributed by atoms with Gasteiger partial charge < -0.3 is 10.6 Å². The maximum atomic E-state index is 13.0. The molecular weight excluding hydrogens is 398 g/mol. The first-order valence-electron chi connectivity index (χ1n) is 10.3. The molecular formula is C22H21N5O4. The van der Waals surface area contributed by atoms with Crippen LogP contribution in [0.15, 0.2) is 30.5 Å². The average molecular weight is 419 g/mol. The SMILES string of the molecule is O=C1CCC(N2C(=O)c3ccc(CNc4nccc5c4CNCC5)cc3C2=O)C(=O)N1. The fourth-order valence-corrected chi connectivity index (χ4v) is 4.37. The summed E-state index contributed by atoms with van der Waals surface area (Å²) in [5.74, 6) is -1.20. The van der Waals surface area contributed by atoms with Crippen LogP contribution < -0.4 is 16.0 Å². The summed E-state index contributed by atoms with van der Waals surface area (Å²) in [6.45, 7) is 2.14. The van der Waals surface area contributed by atoms with E-state index < -0.39 is 29.7 Å². The number of rotatable bonds is 4. The molecule has 0 radical (unpaired) electrons. The highest BCUT2D eigenvalue weighted by Crippen LogP contribution is 2.29. The minimum atomic E-state index is -0.959. The van der Waals surface area contributed by atoms with E-state index in [4.69, 9.17) is 0 Å². The molecule has 0 spiro atoms. The van der Waals surface area contributed by atoms with Crippen molar-refractivity contribution in [1.29, 1.82) is 0 Å². The van der Waals surface area contributed by atoms with E-state index in [1.54, 1.807) is 24.4 Å². The summed E-state index contributed by atoms with van der Waals surface area (Å²) in [5, 5.41) is 8.88. The van der Waals surface area contributed by atoms with Crippen LogP contribution >= 0.6 is 0 Å². The Labute approximate surface area is 178 Å². The first-order valence-corrected chi connectivity index (χ1v) is 10.3. The van der Waals surface area contributed by atoms with Gasteiger partial charge in [0.1, 0.15) is 11.9 Å². The molecule has 0 aliphatic carbocycles. The molecule has 5 rings (SSSR count). The van der Waals surface area contributed by atoms with Gasteiger partial charge >= 0.3 is 0 Å². The predicted molar refractivity (Wildman–Crippen MR) is 110 cm³/mol. The van der Waals surface area contributed by atoms with Crippen LogP contribution in [-0.2, 0) is 29.1 Å². The minimum absolute atomic E-state index is 0.0994. The van der Waals surface area contributed by atoms with Crippen LogP contribution in [0.1, 0.15) is 50.2 Å². The summed E-state index contributed by atoms with van der Waals surface area (Å²) in [5.41, 5.74) is 3.79. The van der Waals surface area contributed by atoms with Crippen molar-refractivity contribution < 1.29 is 19.2 Å². The van der Waals surface area contributed by atoms with E-state index in [-0.39, 0.29) is 24.0 Å². The van der Waals surface area contributed by atoms with Crippen molar-refractivity contribution >= 4 is 29.4 Å². The number of amides is 4. The molecule has 4 heterocycles. The fourth-order valence-electron chi connectivity index (χ4n) is 4.37. The normalized spacial score (nSPS) is 20.4. The summed E-state index contributed by atoms with van der Waals surface area (Å²) in [7, 11) is 0. The smallest absolute Gasteiger partial charge is 0.262 e. The number of carbonyl (C=O) groups excluding carboxylic acids is 4. The van der Waals surface area contributed by atoms with E-state index in [1.807, 2.05) is 6.07 Å². The molecule has 1 atom stereocenters. The molecule has 1 saturated heterocycles. The Bertz CT molecular complexity index is 1130. The van der Waals surface area contributed by atoms with E-state index in [9.17, 15) is 19.2 Å². The highest BCUT2D eigenvalue weighted by atomic mass is 16.2. The molecule has 4 amide bonds. The molecule has 3 aliphatic rings. The molecule has 31 heavy (non-hydrogen) atoms. The Kier molecular flexibility index (Phi) is 4.74. The molecule has 1 aromatic carbocycles. The number of hydrogen-bond acceptors (Lipinski definition) is 7. The van der Waals surface area contributed by atoms with Gasteiger partial charge in [-0.1, -0.05) is 6.07 Å². The standard InChI is InChI=1S/C22H21N5O4/c28-18-4-3-17(20(29)26-18)27-21(30)14-2-1-12(9-15(14)22(27)31)10-25-19-16-11-23-7-5-13(16)6-8-24-19/h1-2,6,8-9,17,23H,3-5,7,10-11H2,(H,24,25)(H,26,28,29). The maximum absolute atomic E-state index is 13.0. The van der Waals surface area contributed by atoms with Crippen molar-refractivity contribution in [2.75, 3.05) is 11.9 Å². The summed E-state index contributed by atoms with van der Waals surface area (Å²) >= 11 is 0. The number of anilines is 1. The summed E-state index contributed by atoms with van der Waals surface area (Å²) in [6.07, 6.45) is 2.99. The third-order valence-electron chi connectivity index (χ3n) is 5.99. The number of benzene rings is 1. The summed E-state index contributed by atoms with van der Waals surface area (Å²) < 4.78 is 0. The van der Waals surface area contributed by atoms with Crippen LogP contribution in [0.5, 0.6) is 0 Å². The summed E-state index contributed by atoms with van der Waals surface area (Å²) in [6, 6.07) is 6.17. The highest BCUT2D eigenvalue weighted by molar-refractivity contribution is 6.23. The van der Waals surface area contributed by atoms with Crippen molar-refractivity contribution in [3.8, 4) is 0 Å². The number of piperidine rings is 1. The predicted octanol–water partition coefficient (Wildman–Crippen LogP) is 0.741. The van der Waals surface area contributed by atoms with Gasteiger partial charge in [-0.15, -0.1) is 0 Å². The topological polar surface area (TPSA) is 120 Å². The Balaban J connectivity index is 1.35. The highest BCUT2D eigenvalue weighted by Gasteiger charge is 2.44. The first kappa shape index (κ1) is 19.4. The molecule has 3 N–H and O–H groups in total. The van der Waals surface area contributed by atoms with Crippen molar-refractivity contribution in [3.05, 3.63) is 58.3 Å². The van der Waals surface area contributed by atoms with E-state index >= 15 is 0 Å². The van der Waals surface area contributed by atoms with Crippen molar-refractivity contribution in [2.24, 2.45) is 0 Å². The van der Waals surface area contributed by atoms with Gasteiger partial charge in [-0.25, -0.2) is 4.98 Å². The molecule has 9 nitrogen and oxygen atoms in total. The zero-order valence-electron chi connectivity index (χ0n) is 16.7. The monoisotopic (exact) mass is 419 g/mol. The van der Waals surface area contributed by atoms with Gasteiger partial charge in [0.15, 0.2) is 0 Å². The van der Waals surface area contributed by atoms with Crippen LogP contribution in [0.2, 0.25) is 0 Å². The molecule has 158 valence electrons. The van der Waals surface area contributed by atoms with Crippen molar-refractivity contribution in [1.82, 2.24) is 20.5 Å². The number of carbonyl (C=O) groups is 4. The van der Waals surface area contributed by atoms with Crippen LogP contribution in [0.4, 0.5) is 5.82 Å². The van der Waals surface area contributed by atoms with E-state index in [2.05, 4.69) is 20.9 Å². The largest absolute Gasteiger partial charge is 0.366 e. The lowest BCUT2D eigenvalue weighted by Gasteiger charge is -2.27. The zero-order chi connectivity index (χ0) is 21.5. The Morgan fingerprint density at radius 2 is 1.90 bits per heavy atom. The number of nitrogens with one attached hydrogen (secondary N) is 3. The minimum Gasteiger partial charge on any atom is -0.366 e. The van der Waals surface area contributed by atoms with Gasteiger partial charge in [0.05, 0.1) is 11.1 Å². The second-order valence-corrected chi connectivity index (χ2v) is 7.90. The number of nitrogens with zero attached hydrogens (tertiary/aromatic N) is 2. The molecule has 1 aromatic heterocycles. The molecule has 1 fully saturated rings. The van der Waals surface area contributed by atoms with E-state index in [1.165, 1.54) is 5.56 Å². The van der Waals surface area contributed by atoms with E-state index in [0.717, 1.165) is 41.4 Å². The number of aromatic nitrogens is 1. The van der Waals surface area contributed by atoms with Crippen molar-refractivity contribution in [2.45, 2.75) is 38.4 Å². The molecule has 0 bridgehead atoms. The first-order chi connectivity index (χ1) is 15.0.